The summed E-state index contributed by atoms with van der Waals surface area (Å²) < 4.78 is 24.1. The lowest BCUT2D eigenvalue weighted by atomic mass is 10.1. The molecule has 4 rings (SSSR count). The topological polar surface area (TPSA) is 50.6 Å². The van der Waals surface area contributed by atoms with Crippen molar-refractivity contribution < 1.29 is 9.13 Å². The third-order valence-corrected chi connectivity index (χ3v) is 6.68. The Kier molecular flexibility index (Phi) is 4.32. The fourth-order valence-corrected chi connectivity index (χ4v) is 4.88. The molecule has 0 spiro atoms. The fraction of sp³-hybridized carbons (Fsp3) is 0.429. The number of ether oxygens (including phenoxy) is 1. The normalized spacial score (nSPS) is 20.7. The zero-order chi connectivity index (χ0) is 17.2. The van der Waals surface area contributed by atoms with E-state index in [1.807, 2.05) is 27.8 Å². The highest BCUT2D eigenvalue weighted by Crippen LogP contribution is 2.43. The van der Waals surface area contributed by atoms with E-state index in [2.05, 4.69) is 31.0 Å². The van der Waals surface area contributed by atoms with Crippen molar-refractivity contribution in [2.75, 3.05) is 31.1 Å². The first-order chi connectivity index (χ1) is 11.4. The van der Waals surface area contributed by atoms with E-state index in [-0.39, 0.29) is 22.4 Å². The van der Waals surface area contributed by atoms with Gasteiger partial charge in [0.05, 0.1) is 44.8 Å². The van der Waals surface area contributed by atoms with Crippen LogP contribution in [0.4, 0.5) is 10.2 Å². The number of fused-ring (bicyclic) bond motifs is 2. The molecule has 0 aliphatic carbocycles. The molecule has 1 aromatic carbocycles. The minimum Gasteiger partial charge on any atom is -0.487 e. The number of hydrogen-bond acceptors (Lipinski definition) is 5. The minimum absolute atomic E-state index is 0.00157. The van der Waals surface area contributed by atoms with E-state index in [1.165, 1.54) is 2.78 Å². The molecule has 128 valence electrons. The van der Waals surface area contributed by atoms with Crippen molar-refractivity contribution >= 4 is 74.1 Å². The van der Waals surface area contributed by atoms with Gasteiger partial charge in [0.1, 0.15) is 12.4 Å². The van der Waals surface area contributed by atoms with Crippen LogP contribution in [0.15, 0.2) is 4.79 Å². The van der Waals surface area contributed by atoms with Crippen LogP contribution in [0, 0.1) is 12.7 Å². The predicted molar refractivity (Wildman–Crippen MR) is 107 cm³/mol. The van der Waals surface area contributed by atoms with Crippen molar-refractivity contribution in [1.82, 2.24) is 10.9 Å². The van der Waals surface area contributed by atoms with Crippen LogP contribution in [0.25, 0.3) is 10.9 Å². The third-order valence-electron chi connectivity index (χ3n) is 4.44. The summed E-state index contributed by atoms with van der Waals surface area (Å²) in [4.78, 5) is 18.6. The number of rotatable bonds is 0. The summed E-state index contributed by atoms with van der Waals surface area (Å²) >= 11 is 10.5. The van der Waals surface area contributed by atoms with Crippen molar-refractivity contribution in [3.05, 3.63) is 26.9 Å². The van der Waals surface area contributed by atoms with Gasteiger partial charge < -0.3 is 9.64 Å². The SMILES string of the molecule is Cc1c(F)c2c3c(nc(=O)n(I)c3c1Cl)N1CCN(I)CC1CO2. The van der Waals surface area contributed by atoms with Crippen LogP contribution in [-0.4, -0.2) is 43.2 Å². The molecule has 1 saturated heterocycles. The molecular formula is C14H12ClFI2N4O2. The maximum Gasteiger partial charge on any atom is 0.359 e. The Morgan fingerprint density at radius 3 is 2.88 bits per heavy atom. The van der Waals surface area contributed by atoms with Crippen LogP contribution >= 0.6 is 57.3 Å². The molecule has 2 aromatic rings. The number of nitrogens with zero attached hydrogens (tertiary/aromatic N) is 4. The molecule has 6 nitrogen and oxygen atoms in total. The van der Waals surface area contributed by atoms with Crippen molar-refractivity contribution in [2.24, 2.45) is 0 Å². The Morgan fingerprint density at radius 2 is 2.12 bits per heavy atom. The summed E-state index contributed by atoms with van der Waals surface area (Å²) in [6.45, 7) is 4.18. The first kappa shape index (κ1) is 17.0. The van der Waals surface area contributed by atoms with Gasteiger partial charge in [-0.2, -0.15) is 4.98 Å². The maximum atomic E-state index is 14.8. The van der Waals surface area contributed by atoms with Gasteiger partial charge in [0.2, 0.25) is 0 Å². The average molecular weight is 577 g/mol. The lowest BCUT2D eigenvalue weighted by molar-refractivity contribution is 0.245. The van der Waals surface area contributed by atoms with Crippen molar-refractivity contribution in [3.63, 3.8) is 0 Å². The van der Waals surface area contributed by atoms with E-state index in [9.17, 15) is 9.18 Å². The van der Waals surface area contributed by atoms with Gasteiger partial charge in [-0.3, -0.25) is 0 Å². The van der Waals surface area contributed by atoms with Gasteiger partial charge >= 0.3 is 5.69 Å². The smallest absolute Gasteiger partial charge is 0.359 e. The lowest BCUT2D eigenvalue weighted by Crippen LogP contribution is -2.53. The molecule has 0 N–H and O–H groups in total. The molecule has 1 aromatic heterocycles. The number of anilines is 1. The molecular weight excluding hydrogens is 564 g/mol. The van der Waals surface area contributed by atoms with E-state index in [4.69, 9.17) is 16.3 Å². The highest BCUT2D eigenvalue weighted by Gasteiger charge is 2.35. The van der Waals surface area contributed by atoms with E-state index in [0.717, 1.165) is 13.1 Å². The van der Waals surface area contributed by atoms with Crippen LogP contribution in [-0.2, 0) is 0 Å². The molecule has 0 bridgehead atoms. The van der Waals surface area contributed by atoms with Gasteiger partial charge in [0.25, 0.3) is 0 Å². The van der Waals surface area contributed by atoms with E-state index >= 15 is 0 Å². The van der Waals surface area contributed by atoms with Gasteiger partial charge in [-0.05, 0) is 6.92 Å². The van der Waals surface area contributed by atoms with Gasteiger partial charge in [0, 0.05) is 48.1 Å². The van der Waals surface area contributed by atoms with Crippen molar-refractivity contribution in [3.8, 4) is 5.75 Å². The molecule has 10 heteroatoms. The van der Waals surface area contributed by atoms with Gasteiger partial charge in [0.15, 0.2) is 11.6 Å². The molecule has 0 saturated carbocycles. The summed E-state index contributed by atoms with van der Waals surface area (Å²) in [5.74, 6) is 0.108. The van der Waals surface area contributed by atoms with Crippen molar-refractivity contribution in [2.45, 2.75) is 13.0 Å². The maximum absolute atomic E-state index is 14.8. The second-order valence-electron chi connectivity index (χ2n) is 5.83. The molecule has 2 aliphatic rings. The first-order valence-electron chi connectivity index (χ1n) is 7.30. The first-order valence-corrected chi connectivity index (χ1v) is 9.61. The lowest BCUT2D eigenvalue weighted by Gasteiger charge is -2.38. The highest BCUT2D eigenvalue weighted by molar-refractivity contribution is 14.1. The molecule has 3 heterocycles. The molecule has 1 fully saturated rings. The zero-order valence-corrected chi connectivity index (χ0v) is 17.6. The number of hydrogen-bond donors (Lipinski definition) is 0. The summed E-state index contributed by atoms with van der Waals surface area (Å²) in [6, 6.07) is 0.00157. The van der Waals surface area contributed by atoms with E-state index in [1.54, 1.807) is 6.92 Å². The summed E-state index contributed by atoms with van der Waals surface area (Å²) in [5, 5.41) is 0.692. The van der Waals surface area contributed by atoms with Crippen LogP contribution in [0.5, 0.6) is 5.75 Å². The second kappa shape index (κ2) is 6.09. The Hall–Kier alpha value is -0.400. The molecule has 24 heavy (non-hydrogen) atoms. The van der Waals surface area contributed by atoms with Gasteiger partial charge in [-0.15, -0.1) is 0 Å². The standard InChI is InChI=1S/C14H12ClFI2N4O2/c1-6-9(15)11-8-12(10(6)16)24-5-7-4-20(17)2-3-21(7)13(8)19-14(23)22(11)18/h7H,2-5H2,1H3. The Morgan fingerprint density at radius 1 is 1.38 bits per heavy atom. The largest absolute Gasteiger partial charge is 0.487 e. The molecule has 1 unspecified atom stereocenters. The second-order valence-corrected chi connectivity index (χ2v) is 8.54. The number of halogens is 4. The Balaban J connectivity index is 2.11. The minimum atomic E-state index is -0.489. The van der Waals surface area contributed by atoms with Crippen LogP contribution < -0.4 is 15.3 Å². The van der Waals surface area contributed by atoms with Crippen LogP contribution in [0.3, 0.4) is 0 Å². The van der Waals surface area contributed by atoms with Crippen LogP contribution in [0.1, 0.15) is 5.56 Å². The van der Waals surface area contributed by atoms with Gasteiger partial charge in [-0.1, -0.05) is 11.6 Å². The van der Waals surface area contributed by atoms with Crippen molar-refractivity contribution in [1.29, 1.82) is 0 Å². The predicted octanol–water partition coefficient (Wildman–Crippen LogP) is 2.93. The number of aromatic nitrogens is 2. The molecule has 0 amide bonds. The highest BCUT2D eigenvalue weighted by atomic mass is 127. The number of benzene rings is 1. The summed E-state index contributed by atoms with van der Waals surface area (Å²) in [6.07, 6.45) is 0. The monoisotopic (exact) mass is 576 g/mol. The summed E-state index contributed by atoms with van der Waals surface area (Å²) in [5.41, 5.74) is 0.310. The summed E-state index contributed by atoms with van der Waals surface area (Å²) in [7, 11) is 0. The zero-order valence-electron chi connectivity index (χ0n) is 12.5. The Labute approximate surface area is 169 Å². The fourth-order valence-electron chi connectivity index (χ4n) is 3.21. The van der Waals surface area contributed by atoms with E-state index in [0.29, 0.717) is 29.9 Å². The average Bonchev–Trinajstić information content (AvgIpc) is 2.70. The number of piperazine rings is 1. The van der Waals surface area contributed by atoms with Gasteiger partial charge in [-0.25, -0.2) is 15.1 Å². The molecule has 0 radical (unpaired) electrons. The van der Waals surface area contributed by atoms with Crippen LogP contribution in [0.2, 0.25) is 5.02 Å². The van der Waals surface area contributed by atoms with E-state index < -0.39 is 11.5 Å². The molecule has 2 aliphatic heterocycles. The quantitative estimate of drug-likeness (QED) is 0.357. The third kappa shape index (κ3) is 2.42. The Bertz CT molecular complexity index is 922. The molecule has 1 atom stereocenters.